The number of rotatable bonds is 6. The normalized spacial score (nSPS) is 21.0. The average molecular weight is 200 g/mol. The third kappa shape index (κ3) is 4.94. The van der Waals surface area contributed by atoms with Gasteiger partial charge in [0.25, 0.3) is 0 Å². The Hall–Kier alpha value is -0.120. The Bertz CT molecular complexity index is 135. The second kappa shape index (κ2) is 7.21. The van der Waals surface area contributed by atoms with Crippen LogP contribution in [0.4, 0.5) is 0 Å². The lowest BCUT2D eigenvalue weighted by atomic mass is 9.95. The Morgan fingerprint density at radius 2 is 2.14 bits per heavy atom. The first-order valence-electron chi connectivity index (χ1n) is 5.77. The lowest BCUT2D eigenvalue weighted by Crippen LogP contribution is -2.31. The van der Waals surface area contributed by atoms with Gasteiger partial charge in [-0.3, -0.25) is 0 Å². The molecule has 0 bridgehead atoms. The molecule has 0 aromatic rings. The van der Waals surface area contributed by atoms with E-state index in [4.69, 9.17) is 4.74 Å². The van der Waals surface area contributed by atoms with Crippen LogP contribution in [0.1, 0.15) is 26.2 Å². The molecule has 0 aliphatic carbocycles. The maximum absolute atomic E-state index is 5.17. The van der Waals surface area contributed by atoms with Crippen molar-refractivity contribution in [3.63, 3.8) is 0 Å². The molecule has 1 unspecified atom stereocenters. The zero-order valence-electron chi connectivity index (χ0n) is 9.51. The summed E-state index contributed by atoms with van der Waals surface area (Å²) < 4.78 is 5.17. The Kier molecular flexibility index (Phi) is 6.15. The molecule has 1 heterocycles. The molecule has 1 rings (SSSR count). The van der Waals surface area contributed by atoms with Crippen molar-refractivity contribution in [1.82, 2.24) is 10.6 Å². The molecule has 3 nitrogen and oxygen atoms in total. The van der Waals surface area contributed by atoms with Crippen molar-refractivity contribution >= 4 is 0 Å². The smallest absolute Gasteiger partial charge is 0.0667 e. The van der Waals surface area contributed by atoms with Crippen LogP contribution < -0.4 is 10.6 Å². The van der Waals surface area contributed by atoms with Crippen LogP contribution in [0.15, 0.2) is 0 Å². The molecule has 0 saturated carbocycles. The molecule has 1 saturated heterocycles. The number of hydrogen-bond acceptors (Lipinski definition) is 3. The van der Waals surface area contributed by atoms with Crippen molar-refractivity contribution in [2.45, 2.75) is 32.3 Å². The molecule has 0 aromatic carbocycles. The van der Waals surface area contributed by atoms with Crippen LogP contribution in [-0.4, -0.2) is 39.4 Å². The Balaban J connectivity index is 1.92. The Morgan fingerprint density at radius 1 is 1.43 bits per heavy atom. The second-order valence-corrected chi connectivity index (χ2v) is 4.23. The van der Waals surface area contributed by atoms with E-state index in [0.717, 1.165) is 19.0 Å². The van der Waals surface area contributed by atoms with Gasteiger partial charge in [0, 0.05) is 13.7 Å². The maximum Gasteiger partial charge on any atom is 0.0667 e. The third-order valence-electron chi connectivity index (χ3n) is 3.02. The molecule has 2 N–H and O–H groups in total. The molecule has 1 fully saturated rings. The minimum Gasteiger partial charge on any atom is -0.380 e. The molecular weight excluding hydrogens is 176 g/mol. The van der Waals surface area contributed by atoms with E-state index < -0.39 is 0 Å². The minimum atomic E-state index is 0.336. The summed E-state index contributed by atoms with van der Waals surface area (Å²) in [5.74, 6) is 0.932. The zero-order valence-corrected chi connectivity index (χ0v) is 9.51. The van der Waals surface area contributed by atoms with E-state index >= 15 is 0 Å². The molecule has 1 atom stereocenters. The molecule has 1 aliphatic heterocycles. The van der Waals surface area contributed by atoms with Crippen LogP contribution in [0.5, 0.6) is 0 Å². The molecule has 3 heteroatoms. The lowest BCUT2D eigenvalue weighted by Gasteiger charge is -2.22. The summed E-state index contributed by atoms with van der Waals surface area (Å²) in [6.45, 7) is 6.62. The van der Waals surface area contributed by atoms with E-state index in [0.29, 0.717) is 6.10 Å². The highest BCUT2D eigenvalue weighted by atomic mass is 16.5. The van der Waals surface area contributed by atoms with E-state index in [-0.39, 0.29) is 0 Å². The van der Waals surface area contributed by atoms with Crippen molar-refractivity contribution in [1.29, 1.82) is 0 Å². The van der Waals surface area contributed by atoms with Gasteiger partial charge in [-0.1, -0.05) is 0 Å². The van der Waals surface area contributed by atoms with Gasteiger partial charge in [0.1, 0.15) is 0 Å². The number of piperidine rings is 1. The first-order chi connectivity index (χ1) is 6.83. The van der Waals surface area contributed by atoms with E-state index in [1.54, 1.807) is 7.11 Å². The molecule has 14 heavy (non-hydrogen) atoms. The molecule has 0 aromatic heterocycles. The van der Waals surface area contributed by atoms with Crippen molar-refractivity contribution in [3.8, 4) is 0 Å². The van der Waals surface area contributed by atoms with E-state index in [2.05, 4.69) is 17.6 Å². The average Bonchev–Trinajstić information content (AvgIpc) is 2.25. The largest absolute Gasteiger partial charge is 0.380 e. The Morgan fingerprint density at radius 3 is 2.79 bits per heavy atom. The zero-order chi connectivity index (χ0) is 10.2. The minimum absolute atomic E-state index is 0.336. The number of nitrogens with one attached hydrogen (secondary N) is 2. The quantitative estimate of drug-likeness (QED) is 0.628. The fraction of sp³-hybridized carbons (Fsp3) is 1.00. The predicted molar refractivity (Wildman–Crippen MR) is 59.6 cm³/mol. The van der Waals surface area contributed by atoms with Gasteiger partial charge >= 0.3 is 0 Å². The molecule has 0 radical (unpaired) electrons. The second-order valence-electron chi connectivity index (χ2n) is 4.23. The summed E-state index contributed by atoms with van der Waals surface area (Å²) in [7, 11) is 1.76. The van der Waals surface area contributed by atoms with Gasteiger partial charge in [0.15, 0.2) is 0 Å². The highest BCUT2D eigenvalue weighted by Crippen LogP contribution is 2.14. The first kappa shape index (κ1) is 12.0. The summed E-state index contributed by atoms with van der Waals surface area (Å²) in [6, 6.07) is 0. The van der Waals surface area contributed by atoms with Crippen molar-refractivity contribution in [2.24, 2.45) is 5.92 Å². The summed E-state index contributed by atoms with van der Waals surface area (Å²) >= 11 is 0. The summed E-state index contributed by atoms with van der Waals surface area (Å²) in [6.07, 6.45) is 4.35. The van der Waals surface area contributed by atoms with Crippen molar-refractivity contribution in [3.05, 3.63) is 0 Å². The fourth-order valence-corrected chi connectivity index (χ4v) is 1.87. The van der Waals surface area contributed by atoms with Gasteiger partial charge in [0.2, 0.25) is 0 Å². The molecule has 1 aliphatic rings. The number of methoxy groups -OCH3 is 1. The van der Waals surface area contributed by atoms with Crippen LogP contribution in [0.25, 0.3) is 0 Å². The number of ether oxygens (including phenoxy) is 1. The predicted octanol–water partition coefficient (Wildman–Crippen LogP) is 1.00. The van der Waals surface area contributed by atoms with Gasteiger partial charge in [-0.15, -0.1) is 0 Å². The van der Waals surface area contributed by atoms with E-state index in [1.165, 1.54) is 32.4 Å². The maximum atomic E-state index is 5.17. The van der Waals surface area contributed by atoms with Gasteiger partial charge in [-0.05, 0) is 51.7 Å². The van der Waals surface area contributed by atoms with Gasteiger partial charge in [-0.2, -0.15) is 0 Å². The molecule has 84 valence electrons. The summed E-state index contributed by atoms with van der Waals surface area (Å²) in [5, 5.41) is 6.83. The summed E-state index contributed by atoms with van der Waals surface area (Å²) in [5.41, 5.74) is 0. The lowest BCUT2D eigenvalue weighted by molar-refractivity contribution is 0.117. The first-order valence-corrected chi connectivity index (χ1v) is 5.77. The SMILES string of the molecule is COC(C)CNCCC1CCNCC1. The van der Waals surface area contributed by atoms with Crippen molar-refractivity contribution < 1.29 is 4.74 Å². The van der Waals surface area contributed by atoms with Crippen LogP contribution in [0.3, 0.4) is 0 Å². The van der Waals surface area contributed by atoms with Gasteiger partial charge < -0.3 is 15.4 Å². The standard InChI is InChI=1S/C11H24N2O/c1-10(14-2)9-13-8-5-11-3-6-12-7-4-11/h10-13H,3-9H2,1-2H3. The summed E-state index contributed by atoms with van der Waals surface area (Å²) in [4.78, 5) is 0. The van der Waals surface area contributed by atoms with Crippen LogP contribution in [-0.2, 0) is 4.74 Å². The van der Waals surface area contributed by atoms with Crippen LogP contribution in [0.2, 0.25) is 0 Å². The number of hydrogen-bond donors (Lipinski definition) is 2. The van der Waals surface area contributed by atoms with Crippen LogP contribution in [0, 0.1) is 5.92 Å². The fourth-order valence-electron chi connectivity index (χ4n) is 1.87. The van der Waals surface area contributed by atoms with E-state index in [9.17, 15) is 0 Å². The highest BCUT2D eigenvalue weighted by Gasteiger charge is 2.11. The van der Waals surface area contributed by atoms with Crippen molar-refractivity contribution in [2.75, 3.05) is 33.3 Å². The van der Waals surface area contributed by atoms with E-state index in [1.807, 2.05) is 0 Å². The monoisotopic (exact) mass is 200 g/mol. The molecule has 0 amide bonds. The molecular formula is C11H24N2O. The third-order valence-corrected chi connectivity index (χ3v) is 3.02. The van der Waals surface area contributed by atoms with Gasteiger partial charge in [-0.25, -0.2) is 0 Å². The van der Waals surface area contributed by atoms with Gasteiger partial charge in [0.05, 0.1) is 6.10 Å². The Labute approximate surface area is 87.6 Å². The topological polar surface area (TPSA) is 33.3 Å². The molecule has 0 spiro atoms. The van der Waals surface area contributed by atoms with Crippen LogP contribution >= 0.6 is 0 Å². The highest BCUT2D eigenvalue weighted by molar-refractivity contribution is 4.69.